The van der Waals surface area contributed by atoms with Crippen molar-refractivity contribution in [2.45, 2.75) is 36.6 Å². The van der Waals surface area contributed by atoms with E-state index in [4.69, 9.17) is 29.4 Å². The molecule has 144 valence electrons. The Hall–Kier alpha value is 0.210. The molecule has 0 aliphatic heterocycles. The van der Waals surface area contributed by atoms with Gasteiger partial charge in [0, 0.05) is 0 Å². The summed E-state index contributed by atoms with van der Waals surface area (Å²) in [7, 11) is -16.2. The molecule has 1 aliphatic rings. The first kappa shape index (κ1) is 22.3. The van der Waals surface area contributed by atoms with Crippen LogP contribution in [0.5, 0.6) is 0 Å². The van der Waals surface area contributed by atoms with Crippen LogP contribution in [-0.4, -0.2) is 81.3 Å². The molecule has 6 atom stereocenters. The van der Waals surface area contributed by atoms with Crippen LogP contribution < -0.4 is 0 Å². The quantitative estimate of drug-likeness (QED) is 0.189. The minimum atomic E-state index is -5.43. The van der Waals surface area contributed by atoms with Gasteiger partial charge in [0.05, 0.1) is 0 Å². The highest BCUT2D eigenvalue weighted by Crippen LogP contribution is 2.49. The van der Waals surface area contributed by atoms with Gasteiger partial charge in [-0.15, -0.1) is 0 Å². The largest absolute Gasteiger partial charge is 0.470 e. The lowest BCUT2D eigenvalue weighted by Gasteiger charge is -2.44. The Labute approximate surface area is 133 Å². The molecule has 24 heavy (non-hydrogen) atoms. The second kappa shape index (κ2) is 7.45. The number of phosphoric ester groups is 3. The molecule has 0 radical (unpaired) electrons. The summed E-state index contributed by atoms with van der Waals surface area (Å²) in [5, 5.41) is 29.3. The third-order valence-electron chi connectivity index (χ3n) is 2.80. The van der Waals surface area contributed by atoms with Crippen molar-refractivity contribution in [2.24, 2.45) is 0 Å². The highest BCUT2D eigenvalue weighted by Gasteiger charge is 2.56. The molecular weight excluding hydrogens is 405 g/mol. The second-order valence-corrected chi connectivity index (χ2v) is 8.23. The number of phosphoric acid groups is 3. The standard InChI is InChI=1S/C6H15O15P3/c7-1-2(8)5(20-23(13,14)15)6(21-24(16,17)18)3(9)4(1)19-22(10,11)12/h1-9H,(H2,10,11,12)(H2,13,14,15)(H2,16,17,18)/t1-,2+,3+,4-,5+,6-/m1/s1. The van der Waals surface area contributed by atoms with Gasteiger partial charge in [-0.1, -0.05) is 0 Å². The van der Waals surface area contributed by atoms with E-state index >= 15 is 0 Å². The first-order chi connectivity index (χ1) is 10.5. The minimum Gasteiger partial charge on any atom is -0.387 e. The summed E-state index contributed by atoms with van der Waals surface area (Å²) in [6.07, 6.45) is -14.3. The fraction of sp³-hybridized carbons (Fsp3) is 1.00. The van der Waals surface area contributed by atoms with E-state index in [1.807, 2.05) is 0 Å². The molecule has 0 aromatic carbocycles. The van der Waals surface area contributed by atoms with Crippen LogP contribution in [0, 0.1) is 0 Å². The van der Waals surface area contributed by atoms with Crippen molar-refractivity contribution in [1.82, 2.24) is 0 Å². The fourth-order valence-corrected chi connectivity index (χ4v) is 3.70. The summed E-state index contributed by atoms with van der Waals surface area (Å²) >= 11 is 0. The van der Waals surface area contributed by atoms with Crippen molar-refractivity contribution in [3.05, 3.63) is 0 Å². The molecule has 0 aromatic rings. The number of aliphatic hydroxyl groups excluding tert-OH is 3. The maximum absolute atomic E-state index is 10.9. The highest BCUT2D eigenvalue weighted by molar-refractivity contribution is 7.46. The Bertz CT molecular complexity index is 574. The molecule has 0 heterocycles. The molecule has 0 aromatic heterocycles. The zero-order chi connectivity index (χ0) is 19.1. The van der Waals surface area contributed by atoms with Gasteiger partial charge in [-0.05, 0) is 0 Å². The van der Waals surface area contributed by atoms with Gasteiger partial charge in [0.15, 0.2) is 0 Å². The average molecular weight is 420 g/mol. The van der Waals surface area contributed by atoms with Gasteiger partial charge >= 0.3 is 23.5 Å². The van der Waals surface area contributed by atoms with Crippen molar-refractivity contribution in [3.63, 3.8) is 0 Å². The first-order valence-electron chi connectivity index (χ1n) is 5.78. The Morgan fingerprint density at radius 3 is 1.08 bits per heavy atom. The highest BCUT2D eigenvalue weighted by atomic mass is 31.2. The Morgan fingerprint density at radius 1 is 0.500 bits per heavy atom. The number of rotatable bonds is 6. The van der Waals surface area contributed by atoms with Crippen molar-refractivity contribution >= 4 is 23.5 Å². The zero-order valence-corrected chi connectivity index (χ0v) is 14.0. The predicted molar refractivity (Wildman–Crippen MR) is 68.8 cm³/mol. The maximum atomic E-state index is 10.9. The minimum absolute atomic E-state index is 2.32. The van der Waals surface area contributed by atoms with E-state index in [0.29, 0.717) is 0 Å². The van der Waals surface area contributed by atoms with E-state index in [9.17, 15) is 29.0 Å². The van der Waals surface area contributed by atoms with Gasteiger partial charge in [-0.25, -0.2) is 13.7 Å². The molecule has 15 nitrogen and oxygen atoms in total. The molecule has 18 heteroatoms. The van der Waals surface area contributed by atoms with Crippen molar-refractivity contribution in [1.29, 1.82) is 0 Å². The van der Waals surface area contributed by atoms with Crippen molar-refractivity contribution in [2.75, 3.05) is 0 Å². The molecule has 0 bridgehead atoms. The van der Waals surface area contributed by atoms with Crippen molar-refractivity contribution < 1.29 is 71.9 Å². The van der Waals surface area contributed by atoms with Crippen LogP contribution in [0.3, 0.4) is 0 Å². The average Bonchev–Trinajstić information content (AvgIpc) is 2.32. The van der Waals surface area contributed by atoms with Gasteiger partial charge in [0.25, 0.3) is 0 Å². The summed E-state index contributed by atoms with van der Waals surface area (Å²) in [6.45, 7) is 0. The molecule has 1 rings (SSSR count). The lowest BCUT2D eigenvalue weighted by atomic mass is 9.85. The van der Waals surface area contributed by atoms with Crippen LogP contribution in [0.1, 0.15) is 0 Å². The summed E-state index contributed by atoms with van der Waals surface area (Å²) in [6, 6.07) is 0. The van der Waals surface area contributed by atoms with E-state index in [-0.39, 0.29) is 0 Å². The van der Waals surface area contributed by atoms with Crippen LogP contribution in [0.25, 0.3) is 0 Å². The van der Waals surface area contributed by atoms with Crippen molar-refractivity contribution in [3.8, 4) is 0 Å². The van der Waals surface area contributed by atoms with Crippen LogP contribution in [0.4, 0.5) is 0 Å². The number of hydrogen-bond donors (Lipinski definition) is 9. The van der Waals surface area contributed by atoms with E-state index < -0.39 is 60.1 Å². The summed E-state index contributed by atoms with van der Waals surface area (Å²) in [4.78, 5) is 52.4. The fourth-order valence-electron chi connectivity index (χ4n) is 2.01. The molecule has 1 fully saturated rings. The lowest BCUT2D eigenvalue weighted by molar-refractivity contribution is -0.212. The number of hydrogen-bond acceptors (Lipinski definition) is 9. The molecule has 0 saturated heterocycles. The maximum Gasteiger partial charge on any atom is 0.470 e. The SMILES string of the molecule is O=P(O)(O)O[C@@H]1[C@H](O)[C@H](O)[C@H](OP(=O)(O)O)[C@H](OP(=O)(O)O)[C@H]1O. The van der Waals surface area contributed by atoms with Crippen LogP contribution >= 0.6 is 23.5 Å². The Balaban J connectivity index is 3.23. The van der Waals surface area contributed by atoms with Gasteiger partial charge < -0.3 is 44.7 Å². The van der Waals surface area contributed by atoms with Crippen LogP contribution in [-0.2, 0) is 27.3 Å². The zero-order valence-electron chi connectivity index (χ0n) is 11.3. The molecule has 9 N–H and O–H groups in total. The van der Waals surface area contributed by atoms with Gasteiger partial charge in [0.1, 0.15) is 36.6 Å². The van der Waals surface area contributed by atoms with E-state index in [0.717, 1.165) is 0 Å². The monoisotopic (exact) mass is 420 g/mol. The summed E-state index contributed by atoms with van der Waals surface area (Å²) in [5.74, 6) is 0. The Morgan fingerprint density at radius 2 is 0.750 bits per heavy atom. The third kappa shape index (κ3) is 6.50. The van der Waals surface area contributed by atoms with E-state index in [1.54, 1.807) is 0 Å². The van der Waals surface area contributed by atoms with E-state index in [2.05, 4.69) is 13.6 Å². The molecule has 0 amide bonds. The summed E-state index contributed by atoms with van der Waals surface area (Å²) in [5.41, 5.74) is 0. The smallest absolute Gasteiger partial charge is 0.387 e. The normalized spacial score (nSPS) is 35.9. The first-order valence-corrected chi connectivity index (χ1v) is 10.4. The van der Waals surface area contributed by atoms with Gasteiger partial charge in [-0.2, -0.15) is 0 Å². The topological polar surface area (TPSA) is 261 Å². The third-order valence-corrected chi connectivity index (χ3v) is 4.35. The van der Waals surface area contributed by atoms with Crippen LogP contribution in [0.2, 0.25) is 0 Å². The summed E-state index contributed by atoms with van der Waals surface area (Å²) < 4.78 is 44.7. The predicted octanol–water partition coefficient (Wildman–Crippen LogP) is -3.48. The molecule has 0 unspecified atom stereocenters. The Kier molecular flexibility index (Phi) is 6.90. The van der Waals surface area contributed by atoms with Crippen LogP contribution in [0.15, 0.2) is 0 Å². The molecular formula is C6H15O15P3. The van der Waals surface area contributed by atoms with E-state index in [1.165, 1.54) is 0 Å². The molecule has 1 aliphatic carbocycles. The number of aliphatic hydroxyl groups is 3. The van der Waals surface area contributed by atoms with Gasteiger partial charge in [0.2, 0.25) is 0 Å². The lowest BCUT2D eigenvalue weighted by Crippen LogP contribution is -2.65. The second-order valence-electron chi connectivity index (χ2n) is 4.65. The molecule has 0 spiro atoms. The molecule has 1 saturated carbocycles. The van der Waals surface area contributed by atoms with Gasteiger partial charge in [-0.3, -0.25) is 13.6 Å².